The van der Waals surface area contributed by atoms with E-state index < -0.39 is 11.8 Å². The van der Waals surface area contributed by atoms with Crippen molar-refractivity contribution in [1.82, 2.24) is 0 Å². The number of carbonyl (C=O) groups excluding carboxylic acids is 2. The molecule has 1 saturated heterocycles. The van der Waals surface area contributed by atoms with Crippen LogP contribution in [0.25, 0.3) is 0 Å². The first kappa shape index (κ1) is 14.3. The molecule has 2 aromatic rings. The number of benzene rings is 2. The Morgan fingerprint density at radius 1 is 1.05 bits per heavy atom. The van der Waals surface area contributed by atoms with Gasteiger partial charge >= 0.3 is 5.97 Å². The zero-order chi connectivity index (χ0) is 15.5. The van der Waals surface area contributed by atoms with Crippen LogP contribution < -0.4 is 9.64 Å². The van der Waals surface area contributed by atoms with Gasteiger partial charge in [-0.05, 0) is 55.0 Å². The predicted octanol–water partition coefficient (Wildman–Crippen LogP) is 3.17. The zero-order valence-electron chi connectivity index (χ0n) is 11.8. The van der Waals surface area contributed by atoms with Crippen LogP contribution >= 0.6 is 0 Å². The summed E-state index contributed by atoms with van der Waals surface area (Å²) in [5.74, 6) is -0.470. The molecule has 0 saturated carbocycles. The van der Waals surface area contributed by atoms with Gasteiger partial charge in [-0.25, -0.2) is 9.18 Å². The van der Waals surface area contributed by atoms with E-state index in [0.717, 1.165) is 12.1 Å². The number of ether oxygens (including phenoxy) is 1. The maximum Gasteiger partial charge on any atom is 0.343 e. The standard InChI is InChI=1S/C17H14FNO3/c18-13-5-3-12(4-6-13)17(21)22-15-9-7-14(8-10-15)19-11-1-2-16(19)20/h3-10H,1-2,11H2. The van der Waals surface area contributed by atoms with Crippen LogP contribution in [0.4, 0.5) is 10.1 Å². The van der Waals surface area contributed by atoms with Crippen molar-refractivity contribution in [3.63, 3.8) is 0 Å². The molecule has 0 unspecified atom stereocenters. The van der Waals surface area contributed by atoms with E-state index in [4.69, 9.17) is 4.74 Å². The Hall–Kier alpha value is -2.69. The van der Waals surface area contributed by atoms with Gasteiger partial charge in [0.05, 0.1) is 5.56 Å². The minimum absolute atomic E-state index is 0.107. The maximum atomic E-state index is 12.8. The molecule has 0 atom stereocenters. The molecule has 1 fully saturated rings. The number of hydrogen-bond acceptors (Lipinski definition) is 3. The molecule has 22 heavy (non-hydrogen) atoms. The van der Waals surface area contributed by atoms with Gasteiger partial charge in [-0.15, -0.1) is 0 Å². The second kappa shape index (κ2) is 5.97. The summed E-state index contributed by atoms with van der Waals surface area (Å²) in [6.07, 6.45) is 1.43. The number of carbonyl (C=O) groups is 2. The highest BCUT2D eigenvalue weighted by Gasteiger charge is 2.21. The zero-order valence-corrected chi connectivity index (χ0v) is 11.8. The van der Waals surface area contributed by atoms with Gasteiger partial charge in [-0.3, -0.25) is 4.79 Å². The summed E-state index contributed by atoms with van der Waals surface area (Å²) in [7, 11) is 0. The highest BCUT2D eigenvalue weighted by molar-refractivity contribution is 5.95. The lowest BCUT2D eigenvalue weighted by molar-refractivity contribution is -0.117. The molecule has 0 spiro atoms. The molecule has 0 N–H and O–H groups in total. The van der Waals surface area contributed by atoms with Crippen molar-refractivity contribution < 1.29 is 18.7 Å². The molecule has 0 radical (unpaired) electrons. The summed E-state index contributed by atoms with van der Waals surface area (Å²) in [5.41, 5.74) is 1.07. The first-order chi connectivity index (χ1) is 10.6. The normalized spacial score (nSPS) is 14.2. The van der Waals surface area contributed by atoms with Crippen molar-refractivity contribution in [2.75, 3.05) is 11.4 Å². The highest BCUT2D eigenvalue weighted by atomic mass is 19.1. The molecule has 1 amide bonds. The lowest BCUT2D eigenvalue weighted by Crippen LogP contribution is -2.23. The van der Waals surface area contributed by atoms with Crippen LogP contribution in [0.3, 0.4) is 0 Å². The lowest BCUT2D eigenvalue weighted by atomic mass is 10.2. The van der Waals surface area contributed by atoms with Crippen molar-refractivity contribution >= 4 is 17.6 Å². The highest BCUT2D eigenvalue weighted by Crippen LogP contribution is 2.24. The minimum atomic E-state index is -0.551. The van der Waals surface area contributed by atoms with Gasteiger partial charge in [-0.1, -0.05) is 0 Å². The maximum absolute atomic E-state index is 12.8. The average molecular weight is 299 g/mol. The van der Waals surface area contributed by atoms with E-state index >= 15 is 0 Å². The first-order valence-electron chi connectivity index (χ1n) is 7.02. The van der Waals surface area contributed by atoms with Crippen molar-refractivity contribution in [3.8, 4) is 5.75 Å². The number of esters is 1. The van der Waals surface area contributed by atoms with Gasteiger partial charge in [-0.2, -0.15) is 0 Å². The summed E-state index contributed by atoms with van der Waals surface area (Å²) in [5, 5.41) is 0. The number of amides is 1. The van der Waals surface area contributed by atoms with E-state index in [1.165, 1.54) is 24.3 Å². The van der Waals surface area contributed by atoms with Crippen LogP contribution in [0.5, 0.6) is 5.75 Å². The largest absolute Gasteiger partial charge is 0.423 e. The van der Waals surface area contributed by atoms with Gasteiger partial charge in [0.2, 0.25) is 5.91 Å². The van der Waals surface area contributed by atoms with Crippen LogP contribution in [-0.4, -0.2) is 18.4 Å². The van der Waals surface area contributed by atoms with Crippen LogP contribution in [0.2, 0.25) is 0 Å². The summed E-state index contributed by atoms with van der Waals surface area (Å²) in [6, 6.07) is 11.9. The van der Waals surface area contributed by atoms with Gasteiger partial charge < -0.3 is 9.64 Å². The molecule has 5 heteroatoms. The second-order valence-corrected chi connectivity index (χ2v) is 5.04. The molecule has 3 rings (SSSR count). The fourth-order valence-corrected chi connectivity index (χ4v) is 2.37. The third kappa shape index (κ3) is 2.98. The van der Waals surface area contributed by atoms with Gasteiger partial charge in [0.25, 0.3) is 0 Å². The van der Waals surface area contributed by atoms with Gasteiger partial charge in [0.1, 0.15) is 11.6 Å². The van der Waals surface area contributed by atoms with Gasteiger partial charge in [0, 0.05) is 18.7 Å². The topological polar surface area (TPSA) is 46.6 Å². The molecule has 1 aliphatic heterocycles. The van der Waals surface area contributed by atoms with Crippen LogP contribution in [0.15, 0.2) is 48.5 Å². The number of hydrogen-bond donors (Lipinski definition) is 0. The van der Waals surface area contributed by atoms with Crippen molar-refractivity contribution in [2.45, 2.75) is 12.8 Å². The van der Waals surface area contributed by atoms with E-state index in [-0.39, 0.29) is 11.5 Å². The van der Waals surface area contributed by atoms with E-state index in [1.807, 2.05) is 0 Å². The molecule has 2 aromatic carbocycles. The van der Waals surface area contributed by atoms with Crippen molar-refractivity contribution in [3.05, 3.63) is 59.9 Å². The quantitative estimate of drug-likeness (QED) is 0.646. The molecule has 0 aliphatic carbocycles. The monoisotopic (exact) mass is 299 g/mol. The second-order valence-electron chi connectivity index (χ2n) is 5.04. The molecule has 4 nitrogen and oxygen atoms in total. The van der Waals surface area contributed by atoms with Gasteiger partial charge in [0.15, 0.2) is 0 Å². The average Bonchev–Trinajstić information content (AvgIpc) is 2.95. The SMILES string of the molecule is O=C(Oc1ccc(N2CCCC2=O)cc1)c1ccc(F)cc1. The Balaban J connectivity index is 1.69. The molecule has 1 heterocycles. The number of halogens is 1. The molecular weight excluding hydrogens is 285 g/mol. The Kier molecular flexibility index (Phi) is 3.87. The predicted molar refractivity (Wildman–Crippen MR) is 79.4 cm³/mol. The summed E-state index contributed by atoms with van der Waals surface area (Å²) in [4.78, 5) is 25.3. The Morgan fingerprint density at radius 2 is 1.73 bits per heavy atom. The van der Waals surface area contributed by atoms with Crippen LogP contribution in [-0.2, 0) is 4.79 Å². The van der Waals surface area contributed by atoms with E-state index in [2.05, 4.69) is 0 Å². The fraction of sp³-hybridized carbons (Fsp3) is 0.176. The van der Waals surface area contributed by atoms with E-state index in [1.54, 1.807) is 29.2 Å². The van der Waals surface area contributed by atoms with Crippen molar-refractivity contribution in [2.24, 2.45) is 0 Å². The molecular formula is C17H14FNO3. The smallest absolute Gasteiger partial charge is 0.343 e. The third-order valence-electron chi connectivity index (χ3n) is 3.51. The summed E-state index contributed by atoms with van der Waals surface area (Å²) < 4.78 is 18.0. The Morgan fingerprint density at radius 3 is 2.32 bits per heavy atom. The van der Waals surface area contributed by atoms with E-state index in [0.29, 0.717) is 18.7 Å². The Bertz CT molecular complexity index is 695. The minimum Gasteiger partial charge on any atom is -0.423 e. The third-order valence-corrected chi connectivity index (χ3v) is 3.51. The fourth-order valence-electron chi connectivity index (χ4n) is 2.37. The summed E-state index contributed by atoms with van der Waals surface area (Å²) >= 11 is 0. The number of anilines is 1. The Labute approximate surface area is 127 Å². The summed E-state index contributed by atoms with van der Waals surface area (Å²) in [6.45, 7) is 0.716. The molecule has 112 valence electrons. The lowest BCUT2D eigenvalue weighted by Gasteiger charge is -2.15. The van der Waals surface area contributed by atoms with Crippen LogP contribution in [0.1, 0.15) is 23.2 Å². The molecule has 0 aromatic heterocycles. The number of nitrogens with zero attached hydrogens (tertiary/aromatic N) is 1. The number of rotatable bonds is 3. The molecule has 1 aliphatic rings. The van der Waals surface area contributed by atoms with Crippen molar-refractivity contribution in [1.29, 1.82) is 0 Å². The van der Waals surface area contributed by atoms with Crippen LogP contribution in [0, 0.1) is 5.82 Å². The first-order valence-corrected chi connectivity index (χ1v) is 7.02. The van der Waals surface area contributed by atoms with E-state index in [9.17, 15) is 14.0 Å². The molecule has 0 bridgehead atoms.